The smallest absolute Gasteiger partial charge is 0.341 e. The van der Waals surface area contributed by atoms with Gasteiger partial charge in [-0.2, -0.15) is 0 Å². The number of rotatable bonds is 2. The number of fused-ring (bicyclic) bond motifs is 1. The van der Waals surface area contributed by atoms with Crippen LogP contribution in [-0.2, 0) is 4.74 Å². The van der Waals surface area contributed by atoms with E-state index in [4.69, 9.17) is 4.74 Å². The number of hydrogen-bond donors (Lipinski definition) is 1. The van der Waals surface area contributed by atoms with Gasteiger partial charge < -0.3 is 15.0 Å². The van der Waals surface area contributed by atoms with Gasteiger partial charge in [-0.05, 0) is 24.0 Å². The third-order valence-corrected chi connectivity index (χ3v) is 3.88. The molecule has 1 aromatic heterocycles. The van der Waals surface area contributed by atoms with E-state index in [1.54, 1.807) is 18.3 Å². The summed E-state index contributed by atoms with van der Waals surface area (Å²) >= 11 is 0. The van der Waals surface area contributed by atoms with Crippen LogP contribution in [0.1, 0.15) is 10.4 Å². The van der Waals surface area contributed by atoms with E-state index in [9.17, 15) is 4.79 Å². The van der Waals surface area contributed by atoms with Crippen molar-refractivity contribution in [2.45, 2.75) is 0 Å². The van der Waals surface area contributed by atoms with Crippen molar-refractivity contribution in [3.8, 4) is 0 Å². The molecule has 5 nitrogen and oxygen atoms in total. The van der Waals surface area contributed by atoms with Gasteiger partial charge in [-0.25, -0.2) is 9.78 Å². The van der Waals surface area contributed by atoms with Crippen molar-refractivity contribution < 1.29 is 9.53 Å². The molecule has 0 aromatic carbocycles. The number of aromatic nitrogens is 1. The monoisotopic (exact) mass is 247 g/mol. The van der Waals surface area contributed by atoms with Gasteiger partial charge in [0.15, 0.2) is 0 Å². The number of esters is 1. The quantitative estimate of drug-likeness (QED) is 0.772. The fourth-order valence-corrected chi connectivity index (χ4v) is 2.95. The van der Waals surface area contributed by atoms with Crippen LogP contribution >= 0.6 is 0 Å². The second-order valence-corrected chi connectivity index (χ2v) is 4.95. The van der Waals surface area contributed by atoms with Crippen molar-refractivity contribution in [1.82, 2.24) is 10.3 Å². The Morgan fingerprint density at radius 1 is 1.44 bits per heavy atom. The van der Waals surface area contributed by atoms with E-state index in [0.29, 0.717) is 17.4 Å². The minimum Gasteiger partial charge on any atom is -0.465 e. The highest BCUT2D eigenvalue weighted by Gasteiger charge is 2.37. The Labute approximate surface area is 106 Å². The van der Waals surface area contributed by atoms with Crippen LogP contribution in [-0.4, -0.2) is 44.2 Å². The predicted molar refractivity (Wildman–Crippen MR) is 67.6 cm³/mol. The van der Waals surface area contributed by atoms with Crippen molar-refractivity contribution in [3.05, 3.63) is 23.9 Å². The Morgan fingerprint density at radius 3 is 2.83 bits per heavy atom. The summed E-state index contributed by atoms with van der Waals surface area (Å²) in [6.45, 7) is 4.08. The van der Waals surface area contributed by atoms with E-state index in [0.717, 1.165) is 32.0 Å². The molecule has 0 bridgehead atoms. The summed E-state index contributed by atoms with van der Waals surface area (Å²) < 4.78 is 4.81. The van der Waals surface area contributed by atoms with Gasteiger partial charge >= 0.3 is 5.97 Å². The van der Waals surface area contributed by atoms with E-state index in [1.807, 2.05) is 0 Å². The van der Waals surface area contributed by atoms with Gasteiger partial charge in [0.25, 0.3) is 0 Å². The molecule has 0 aliphatic carbocycles. The highest BCUT2D eigenvalue weighted by atomic mass is 16.5. The number of nitrogens with one attached hydrogen (secondary N) is 1. The topological polar surface area (TPSA) is 54.5 Å². The second-order valence-electron chi connectivity index (χ2n) is 4.95. The lowest BCUT2D eigenvalue weighted by atomic mass is 10.0. The zero-order chi connectivity index (χ0) is 12.5. The Balaban J connectivity index is 1.86. The summed E-state index contributed by atoms with van der Waals surface area (Å²) in [4.78, 5) is 18.3. The molecule has 0 saturated carbocycles. The van der Waals surface area contributed by atoms with E-state index < -0.39 is 0 Å². The lowest BCUT2D eigenvalue weighted by molar-refractivity contribution is 0.0601. The summed E-state index contributed by atoms with van der Waals surface area (Å²) in [5.41, 5.74) is 0.563. The van der Waals surface area contributed by atoms with Crippen molar-refractivity contribution in [1.29, 1.82) is 0 Å². The van der Waals surface area contributed by atoms with Crippen LogP contribution in [0.2, 0.25) is 0 Å². The molecular weight excluding hydrogens is 230 g/mol. The van der Waals surface area contributed by atoms with Gasteiger partial charge in [0, 0.05) is 32.4 Å². The zero-order valence-corrected chi connectivity index (χ0v) is 10.4. The second kappa shape index (κ2) is 4.57. The molecule has 3 heterocycles. The van der Waals surface area contributed by atoms with Crippen molar-refractivity contribution in [2.75, 3.05) is 38.2 Å². The Morgan fingerprint density at radius 2 is 2.17 bits per heavy atom. The third kappa shape index (κ3) is 1.84. The predicted octanol–water partition coefficient (Wildman–Crippen LogP) is 0.524. The first kappa shape index (κ1) is 11.5. The van der Waals surface area contributed by atoms with E-state index in [-0.39, 0.29) is 5.97 Å². The maximum atomic E-state index is 11.7. The fourth-order valence-electron chi connectivity index (χ4n) is 2.95. The third-order valence-electron chi connectivity index (χ3n) is 3.88. The first-order valence-corrected chi connectivity index (χ1v) is 6.28. The lowest BCUT2D eigenvalue weighted by Crippen LogP contribution is -2.27. The highest BCUT2D eigenvalue weighted by Crippen LogP contribution is 2.31. The number of ether oxygens (including phenoxy) is 1. The molecule has 0 amide bonds. The first-order valence-electron chi connectivity index (χ1n) is 6.28. The molecule has 0 spiro atoms. The SMILES string of the molecule is COC(=O)c1cccnc1N1CC2CNCC2C1. The zero-order valence-electron chi connectivity index (χ0n) is 10.4. The molecule has 0 radical (unpaired) electrons. The fraction of sp³-hybridized carbons (Fsp3) is 0.538. The first-order chi connectivity index (χ1) is 8.79. The Bertz CT molecular complexity index is 451. The molecule has 3 rings (SSSR count). The van der Waals surface area contributed by atoms with Gasteiger partial charge in [0.05, 0.1) is 7.11 Å². The number of carbonyl (C=O) groups is 1. The van der Waals surface area contributed by atoms with Crippen LogP contribution in [0.15, 0.2) is 18.3 Å². The van der Waals surface area contributed by atoms with E-state index in [2.05, 4.69) is 15.2 Å². The normalized spacial score (nSPS) is 26.2. The van der Waals surface area contributed by atoms with Crippen LogP contribution in [0.25, 0.3) is 0 Å². The molecule has 2 saturated heterocycles. The molecule has 2 atom stereocenters. The number of methoxy groups -OCH3 is 1. The summed E-state index contributed by atoms with van der Waals surface area (Å²) in [6.07, 6.45) is 1.73. The van der Waals surface area contributed by atoms with Gasteiger partial charge in [-0.1, -0.05) is 0 Å². The Kier molecular flexibility index (Phi) is 2.91. The van der Waals surface area contributed by atoms with E-state index >= 15 is 0 Å². The van der Waals surface area contributed by atoms with Gasteiger partial charge in [-0.15, -0.1) is 0 Å². The number of hydrogen-bond acceptors (Lipinski definition) is 5. The number of nitrogens with zero attached hydrogens (tertiary/aromatic N) is 2. The molecule has 1 N–H and O–H groups in total. The van der Waals surface area contributed by atoms with Crippen molar-refractivity contribution in [3.63, 3.8) is 0 Å². The van der Waals surface area contributed by atoms with Crippen LogP contribution < -0.4 is 10.2 Å². The number of anilines is 1. The molecule has 2 fully saturated rings. The summed E-state index contributed by atoms with van der Waals surface area (Å²) in [6, 6.07) is 3.55. The van der Waals surface area contributed by atoms with Crippen molar-refractivity contribution in [2.24, 2.45) is 11.8 Å². The summed E-state index contributed by atoms with van der Waals surface area (Å²) in [5, 5.41) is 3.41. The molecule has 2 aliphatic rings. The standard InChI is InChI=1S/C13H17N3O2/c1-18-13(17)11-3-2-4-15-12(11)16-7-9-5-14-6-10(9)8-16/h2-4,9-10,14H,5-8H2,1H3. The van der Waals surface area contributed by atoms with Crippen LogP contribution in [0.4, 0.5) is 5.82 Å². The van der Waals surface area contributed by atoms with E-state index in [1.165, 1.54) is 7.11 Å². The largest absolute Gasteiger partial charge is 0.465 e. The minimum absolute atomic E-state index is 0.312. The summed E-state index contributed by atoms with van der Waals surface area (Å²) in [5.74, 6) is 1.81. The van der Waals surface area contributed by atoms with Gasteiger partial charge in [0.1, 0.15) is 11.4 Å². The number of carbonyl (C=O) groups excluding carboxylic acids is 1. The maximum Gasteiger partial charge on any atom is 0.341 e. The van der Waals surface area contributed by atoms with Gasteiger partial charge in [-0.3, -0.25) is 0 Å². The molecule has 5 heteroatoms. The van der Waals surface area contributed by atoms with Crippen LogP contribution in [0.5, 0.6) is 0 Å². The molecular formula is C13H17N3O2. The maximum absolute atomic E-state index is 11.7. The molecule has 2 aliphatic heterocycles. The molecule has 18 heavy (non-hydrogen) atoms. The molecule has 96 valence electrons. The summed E-state index contributed by atoms with van der Waals surface area (Å²) in [7, 11) is 1.40. The van der Waals surface area contributed by atoms with Crippen LogP contribution in [0, 0.1) is 11.8 Å². The van der Waals surface area contributed by atoms with Gasteiger partial charge in [0.2, 0.25) is 0 Å². The average molecular weight is 247 g/mol. The van der Waals surface area contributed by atoms with Crippen LogP contribution in [0.3, 0.4) is 0 Å². The van der Waals surface area contributed by atoms with Crippen molar-refractivity contribution >= 4 is 11.8 Å². The number of pyridine rings is 1. The highest BCUT2D eigenvalue weighted by molar-refractivity contribution is 5.94. The Hall–Kier alpha value is -1.62. The molecule has 1 aromatic rings. The molecule has 2 unspecified atom stereocenters. The lowest BCUT2D eigenvalue weighted by Gasteiger charge is -2.20. The minimum atomic E-state index is -0.312. The average Bonchev–Trinajstić information content (AvgIpc) is 2.98.